The highest BCUT2D eigenvalue weighted by molar-refractivity contribution is 5.85. The predicted molar refractivity (Wildman–Crippen MR) is 88.2 cm³/mol. The molecule has 22 heavy (non-hydrogen) atoms. The molecule has 1 aromatic carbocycles. The number of aliphatic hydroxyl groups is 1. The highest BCUT2D eigenvalue weighted by Gasteiger charge is 2.19. The van der Waals surface area contributed by atoms with Crippen molar-refractivity contribution in [1.82, 2.24) is 0 Å². The van der Waals surface area contributed by atoms with E-state index in [9.17, 15) is 9.90 Å². The minimum absolute atomic E-state index is 0.140. The van der Waals surface area contributed by atoms with E-state index in [4.69, 9.17) is 4.74 Å². The number of hydrogen-bond donors (Lipinski definition) is 3. The van der Waals surface area contributed by atoms with Crippen LogP contribution in [0, 0.1) is 0 Å². The van der Waals surface area contributed by atoms with Crippen molar-refractivity contribution in [1.29, 1.82) is 0 Å². The number of rotatable bonds is 3. The first-order chi connectivity index (χ1) is 10.3. The Kier molecular flexibility index (Phi) is 5.29. The highest BCUT2D eigenvalue weighted by atomic mass is 16.6. The van der Waals surface area contributed by atoms with Gasteiger partial charge in [0.2, 0.25) is 0 Å². The third-order valence-corrected chi connectivity index (χ3v) is 3.60. The summed E-state index contributed by atoms with van der Waals surface area (Å²) in [5.74, 6) is 0. The molecule has 122 valence electrons. The standard InChI is InChI=1S/C17H26N2O3/c1-17(2,3)22-16(21)19-14-6-4-12(5-7-14)18-13-8-10-15(20)11-9-13/h4-7,13,15,18,20H,8-11H2,1-3H3,(H,19,21). The SMILES string of the molecule is CC(C)(C)OC(=O)Nc1ccc(NC2CCC(O)CC2)cc1. The Morgan fingerprint density at radius 2 is 1.64 bits per heavy atom. The Bertz CT molecular complexity index is 486. The average Bonchev–Trinajstić information content (AvgIpc) is 2.41. The molecule has 1 aromatic rings. The van der Waals surface area contributed by atoms with Gasteiger partial charge in [0, 0.05) is 17.4 Å². The van der Waals surface area contributed by atoms with Crippen molar-refractivity contribution < 1.29 is 14.6 Å². The van der Waals surface area contributed by atoms with Crippen LogP contribution in [0.2, 0.25) is 0 Å². The van der Waals surface area contributed by atoms with Crippen LogP contribution in [0.5, 0.6) is 0 Å². The van der Waals surface area contributed by atoms with Crippen LogP contribution >= 0.6 is 0 Å². The van der Waals surface area contributed by atoms with E-state index in [1.54, 1.807) is 0 Å². The van der Waals surface area contributed by atoms with Gasteiger partial charge in [0.1, 0.15) is 5.60 Å². The highest BCUT2D eigenvalue weighted by Crippen LogP contribution is 2.23. The summed E-state index contributed by atoms with van der Waals surface area (Å²) in [6, 6.07) is 8.00. The van der Waals surface area contributed by atoms with Crippen molar-refractivity contribution in [3.8, 4) is 0 Å². The topological polar surface area (TPSA) is 70.6 Å². The molecule has 1 fully saturated rings. The first-order valence-electron chi connectivity index (χ1n) is 7.86. The largest absolute Gasteiger partial charge is 0.444 e. The first-order valence-corrected chi connectivity index (χ1v) is 7.86. The number of benzene rings is 1. The Balaban J connectivity index is 1.84. The number of carbonyl (C=O) groups is 1. The molecule has 3 N–H and O–H groups in total. The quantitative estimate of drug-likeness (QED) is 0.795. The Labute approximate surface area is 132 Å². The van der Waals surface area contributed by atoms with E-state index < -0.39 is 11.7 Å². The van der Waals surface area contributed by atoms with E-state index in [0.29, 0.717) is 11.7 Å². The average molecular weight is 306 g/mol. The van der Waals surface area contributed by atoms with Gasteiger partial charge in [-0.2, -0.15) is 0 Å². The molecular formula is C17H26N2O3. The van der Waals surface area contributed by atoms with Crippen LogP contribution in [-0.4, -0.2) is 28.9 Å². The second kappa shape index (κ2) is 7.01. The van der Waals surface area contributed by atoms with Crippen molar-refractivity contribution >= 4 is 17.5 Å². The molecule has 1 saturated carbocycles. The maximum Gasteiger partial charge on any atom is 0.412 e. The van der Waals surface area contributed by atoms with Gasteiger partial charge in [0.25, 0.3) is 0 Å². The number of aliphatic hydroxyl groups excluding tert-OH is 1. The van der Waals surface area contributed by atoms with Crippen LogP contribution in [0.25, 0.3) is 0 Å². The molecular weight excluding hydrogens is 280 g/mol. The molecule has 0 aromatic heterocycles. The van der Waals surface area contributed by atoms with E-state index in [2.05, 4.69) is 10.6 Å². The number of anilines is 2. The number of nitrogens with one attached hydrogen (secondary N) is 2. The molecule has 0 heterocycles. The van der Waals surface area contributed by atoms with Crippen molar-refractivity contribution in [2.45, 2.75) is 64.2 Å². The zero-order valence-corrected chi connectivity index (χ0v) is 13.6. The summed E-state index contributed by atoms with van der Waals surface area (Å²) < 4.78 is 5.21. The van der Waals surface area contributed by atoms with Crippen LogP contribution in [-0.2, 0) is 4.74 Å². The lowest BCUT2D eigenvalue weighted by Crippen LogP contribution is -2.28. The Hall–Kier alpha value is -1.75. The van der Waals surface area contributed by atoms with Gasteiger partial charge >= 0.3 is 6.09 Å². The number of amides is 1. The number of carbonyl (C=O) groups excluding carboxylic acids is 1. The first kappa shape index (κ1) is 16.6. The van der Waals surface area contributed by atoms with Crippen molar-refractivity contribution in [2.75, 3.05) is 10.6 Å². The van der Waals surface area contributed by atoms with Crippen LogP contribution < -0.4 is 10.6 Å². The van der Waals surface area contributed by atoms with Crippen LogP contribution in [0.4, 0.5) is 16.2 Å². The van der Waals surface area contributed by atoms with E-state index in [1.807, 2.05) is 45.0 Å². The monoisotopic (exact) mass is 306 g/mol. The summed E-state index contributed by atoms with van der Waals surface area (Å²) in [5.41, 5.74) is 1.23. The van der Waals surface area contributed by atoms with E-state index in [-0.39, 0.29) is 6.10 Å². The lowest BCUT2D eigenvalue weighted by Gasteiger charge is -2.27. The molecule has 0 bridgehead atoms. The normalized spacial score (nSPS) is 22.0. The van der Waals surface area contributed by atoms with Crippen molar-refractivity contribution in [2.24, 2.45) is 0 Å². The summed E-state index contributed by atoms with van der Waals surface area (Å²) in [5, 5.41) is 15.7. The fraction of sp³-hybridized carbons (Fsp3) is 0.588. The molecule has 0 radical (unpaired) electrons. The molecule has 1 aliphatic carbocycles. The minimum atomic E-state index is -0.503. The fourth-order valence-corrected chi connectivity index (χ4v) is 2.53. The van der Waals surface area contributed by atoms with Gasteiger partial charge in [-0.1, -0.05) is 0 Å². The molecule has 1 aliphatic rings. The maximum atomic E-state index is 11.7. The smallest absolute Gasteiger partial charge is 0.412 e. The van der Waals surface area contributed by atoms with Gasteiger partial charge in [0.05, 0.1) is 6.10 Å². The molecule has 0 saturated heterocycles. The van der Waals surface area contributed by atoms with E-state index in [0.717, 1.165) is 31.4 Å². The molecule has 0 atom stereocenters. The van der Waals surface area contributed by atoms with E-state index >= 15 is 0 Å². The number of hydrogen-bond acceptors (Lipinski definition) is 4. The van der Waals surface area contributed by atoms with E-state index in [1.165, 1.54) is 0 Å². The van der Waals surface area contributed by atoms with Gasteiger partial charge in [-0.05, 0) is 70.7 Å². The summed E-state index contributed by atoms with van der Waals surface area (Å²) >= 11 is 0. The van der Waals surface area contributed by atoms with Crippen molar-refractivity contribution in [3.05, 3.63) is 24.3 Å². The fourth-order valence-electron chi connectivity index (χ4n) is 2.53. The zero-order chi connectivity index (χ0) is 16.2. The third-order valence-electron chi connectivity index (χ3n) is 3.60. The summed E-state index contributed by atoms with van der Waals surface area (Å²) in [6.07, 6.45) is 3.09. The molecule has 2 rings (SSSR count). The van der Waals surface area contributed by atoms with Crippen molar-refractivity contribution in [3.63, 3.8) is 0 Å². The second-order valence-electron chi connectivity index (χ2n) is 6.85. The van der Waals surface area contributed by atoms with Gasteiger partial charge in [0.15, 0.2) is 0 Å². The molecule has 0 aliphatic heterocycles. The summed E-state index contributed by atoms with van der Waals surface area (Å²) in [7, 11) is 0. The van der Waals surface area contributed by atoms with Gasteiger partial charge in [-0.15, -0.1) is 0 Å². The predicted octanol–water partition coefficient (Wildman–Crippen LogP) is 3.75. The lowest BCUT2D eigenvalue weighted by atomic mass is 9.93. The zero-order valence-electron chi connectivity index (χ0n) is 13.6. The third kappa shape index (κ3) is 5.56. The van der Waals surface area contributed by atoms with Crippen LogP contribution in [0.1, 0.15) is 46.5 Å². The van der Waals surface area contributed by atoms with Gasteiger partial charge < -0.3 is 15.2 Å². The minimum Gasteiger partial charge on any atom is -0.444 e. The molecule has 5 nitrogen and oxygen atoms in total. The van der Waals surface area contributed by atoms with Gasteiger partial charge in [-0.3, -0.25) is 5.32 Å². The Morgan fingerprint density at radius 3 is 2.18 bits per heavy atom. The molecule has 0 spiro atoms. The van der Waals surface area contributed by atoms with Crippen LogP contribution in [0.15, 0.2) is 24.3 Å². The molecule has 1 amide bonds. The number of ether oxygens (including phenoxy) is 1. The summed E-state index contributed by atoms with van der Waals surface area (Å²) in [6.45, 7) is 5.50. The van der Waals surface area contributed by atoms with Gasteiger partial charge in [-0.25, -0.2) is 4.79 Å². The second-order valence-corrected chi connectivity index (χ2v) is 6.85. The Morgan fingerprint density at radius 1 is 1.09 bits per heavy atom. The molecule has 5 heteroatoms. The lowest BCUT2D eigenvalue weighted by molar-refractivity contribution is 0.0636. The van der Waals surface area contributed by atoms with Crippen LogP contribution in [0.3, 0.4) is 0 Å². The molecule has 0 unspecified atom stereocenters. The summed E-state index contributed by atoms with van der Waals surface area (Å²) in [4.78, 5) is 11.7. The maximum absolute atomic E-state index is 11.7.